The van der Waals surface area contributed by atoms with E-state index in [-0.39, 0.29) is 11.9 Å². The highest BCUT2D eigenvalue weighted by Gasteiger charge is 2.28. The van der Waals surface area contributed by atoms with Gasteiger partial charge in [-0.1, -0.05) is 11.6 Å². The van der Waals surface area contributed by atoms with E-state index < -0.39 is 0 Å². The number of piperidine rings is 1. The highest BCUT2D eigenvalue weighted by atomic mass is 16.5. The molecule has 0 saturated carbocycles. The van der Waals surface area contributed by atoms with Crippen LogP contribution in [-0.4, -0.2) is 63.8 Å². The Morgan fingerprint density at radius 2 is 2.16 bits per heavy atom. The van der Waals surface area contributed by atoms with Crippen LogP contribution in [0.3, 0.4) is 0 Å². The van der Waals surface area contributed by atoms with Crippen LogP contribution in [0.5, 0.6) is 0 Å². The van der Waals surface area contributed by atoms with Crippen molar-refractivity contribution < 1.29 is 9.32 Å². The molecule has 0 aromatic carbocycles. The van der Waals surface area contributed by atoms with Crippen LogP contribution in [0.15, 0.2) is 23.0 Å². The fraction of sp³-hybridized carbons (Fsp3) is 0.588. The summed E-state index contributed by atoms with van der Waals surface area (Å²) in [5, 5.41) is 14.6. The van der Waals surface area contributed by atoms with Gasteiger partial charge < -0.3 is 14.7 Å². The number of nitrogens with one attached hydrogen (secondary N) is 2. The predicted molar refractivity (Wildman–Crippen MR) is 90.9 cm³/mol. The van der Waals surface area contributed by atoms with Crippen molar-refractivity contribution in [2.45, 2.75) is 31.8 Å². The summed E-state index contributed by atoms with van der Waals surface area (Å²) in [6, 6.07) is 2.09. The van der Waals surface area contributed by atoms with E-state index in [4.69, 9.17) is 4.52 Å². The molecular formula is C17H24N6O2. The van der Waals surface area contributed by atoms with Crippen LogP contribution in [-0.2, 0) is 6.54 Å². The molecule has 2 fully saturated rings. The summed E-state index contributed by atoms with van der Waals surface area (Å²) in [5.41, 5.74) is 2.58. The van der Waals surface area contributed by atoms with Crippen molar-refractivity contribution in [1.29, 1.82) is 0 Å². The lowest BCUT2D eigenvalue weighted by Gasteiger charge is -2.34. The topological polar surface area (TPSA) is 90.3 Å². The normalized spacial score (nSPS) is 22.2. The molecular weight excluding hydrogens is 320 g/mol. The third-order valence-electron chi connectivity index (χ3n) is 5.09. The van der Waals surface area contributed by atoms with E-state index in [2.05, 4.69) is 25.6 Å². The second-order valence-electron chi connectivity index (χ2n) is 6.76. The van der Waals surface area contributed by atoms with Gasteiger partial charge in [-0.2, -0.15) is 5.10 Å². The molecule has 1 amide bonds. The van der Waals surface area contributed by atoms with Crippen LogP contribution >= 0.6 is 0 Å². The average Bonchev–Trinajstić information content (AvgIpc) is 3.34. The van der Waals surface area contributed by atoms with Crippen LogP contribution in [0, 0.1) is 0 Å². The van der Waals surface area contributed by atoms with Crippen LogP contribution in [0.4, 0.5) is 0 Å². The Morgan fingerprint density at radius 3 is 2.88 bits per heavy atom. The van der Waals surface area contributed by atoms with E-state index in [1.54, 1.807) is 12.5 Å². The Labute approximate surface area is 146 Å². The van der Waals surface area contributed by atoms with E-state index >= 15 is 0 Å². The Balaban J connectivity index is 1.37. The minimum absolute atomic E-state index is 0.0807. The van der Waals surface area contributed by atoms with Crippen molar-refractivity contribution in [2.75, 3.05) is 32.7 Å². The number of piperazine rings is 1. The summed E-state index contributed by atoms with van der Waals surface area (Å²) in [5.74, 6) is 0.0807. The molecule has 2 aromatic rings. The maximum absolute atomic E-state index is 12.9. The van der Waals surface area contributed by atoms with E-state index in [0.717, 1.165) is 57.1 Å². The first kappa shape index (κ1) is 16.3. The third kappa shape index (κ3) is 3.59. The molecule has 134 valence electrons. The van der Waals surface area contributed by atoms with Gasteiger partial charge in [-0.05, 0) is 19.4 Å². The third-order valence-corrected chi connectivity index (χ3v) is 5.09. The zero-order valence-corrected chi connectivity index (χ0v) is 14.3. The minimum atomic E-state index is 0.0807. The molecule has 0 radical (unpaired) electrons. The van der Waals surface area contributed by atoms with Crippen molar-refractivity contribution in [2.24, 2.45) is 0 Å². The van der Waals surface area contributed by atoms with Gasteiger partial charge in [0, 0.05) is 44.8 Å². The lowest BCUT2D eigenvalue weighted by Crippen LogP contribution is -2.48. The van der Waals surface area contributed by atoms with Gasteiger partial charge in [-0.15, -0.1) is 0 Å². The van der Waals surface area contributed by atoms with Gasteiger partial charge in [-0.25, -0.2) is 0 Å². The number of rotatable bonds is 4. The smallest absolute Gasteiger partial charge is 0.257 e. The number of carbonyl (C=O) groups is 1. The zero-order chi connectivity index (χ0) is 17.1. The number of aromatic nitrogens is 3. The molecule has 2 aromatic heterocycles. The lowest BCUT2D eigenvalue weighted by molar-refractivity contribution is 0.0623. The Kier molecular flexibility index (Phi) is 4.80. The largest absolute Gasteiger partial charge is 0.364 e. The van der Waals surface area contributed by atoms with Gasteiger partial charge in [0.15, 0.2) is 0 Å². The molecule has 25 heavy (non-hydrogen) atoms. The lowest BCUT2D eigenvalue weighted by atomic mass is 9.99. The second-order valence-corrected chi connectivity index (χ2v) is 6.76. The molecule has 2 aliphatic rings. The number of nitrogens with zero attached hydrogens (tertiary/aromatic N) is 4. The highest BCUT2D eigenvalue weighted by molar-refractivity contribution is 5.95. The summed E-state index contributed by atoms with van der Waals surface area (Å²) in [6.07, 6.45) is 6.70. The maximum Gasteiger partial charge on any atom is 0.257 e. The monoisotopic (exact) mass is 344 g/mol. The van der Waals surface area contributed by atoms with E-state index in [1.165, 1.54) is 12.8 Å². The number of amides is 1. The first-order valence-corrected chi connectivity index (χ1v) is 8.99. The van der Waals surface area contributed by atoms with Crippen molar-refractivity contribution in [3.63, 3.8) is 0 Å². The molecule has 1 atom stereocenters. The number of carbonyl (C=O) groups excluding carboxylic acids is 1. The second kappa shape index (κ2) is 7.37. The molecule has 2 saturated heterocycles. The number of aromatic amines is 1. The molecule has 4 heterocycles. The van der Waals surface area contributed by atoms with Crippen LogP contribution in [0.1, 0.15) is 47.1 Å². The predicted octanol–water partition coefficient (Wildman–Crippen LogP) is 1.17. The standard InChI is InChI=1S/C17H24N6O2/c24-17(14-11-19-20-16(14)15-3-1-2-5-18-15)23-8-6-22(7-9-23)12-13-4-10-25-21-13/h4,10-11,15,18H,1-3,5-9,12H2,(H,19,20). The van der Waals surface area contributed by atoms with Gasteiger partial charge in [0.05, 0.1) is 23.1 Å². The van der Waals surface area contributed by atoms with Crippen molar-refractivity contribution in [3.8, 4) is 0 Å². The first-order valence-electron chi connectivity index (χ1n) is 8.99. The van der Waals surface area contributed by atoms with Gasteiger partial charge in [0.25, 0.3) is 5.91 Å². The molecule has 2 aliphatic heterocycles. The molecule has 8 heteroatoms. The van der Waals surface area contributed by atoms with Gasteiger partial charge >= 0.3 is 0 Å². The summed E-state index contributed by atoms with van der Waals surface area (Å²) in [7, 11) is 0. The SMILES string of the molecule is O=C(c1cn[nH]c1C1CCCCN1)N1CCN(Cc2ccon2)CC1. The van der Waals surface area contributed by atoms with E-state index in [1.807, 2.05) is 11.0 Å². The van der Waals surface area contributed by atoms with Crippen LogP contribution in [0.25, 0.3) is 0 Å². The number of hydrogen-bond acceptors (Lipinski definition) is 6. The maximum atomic E-state index is 12.9. The summed E-state index contributed by atoms with van der Waals surface area (Å²) >= 11 is 0. The van der Waals surface area contributed by atoms with Gasteiger partial charge in [0.1, 0.15) is 6.26 Å². The molecule has 0 bridgehead atoms. The van der Waals surface area contributed by atoms with Crippen molar-refractivity contribution in [1.82, 2.24) is 30.5 Å². The number of hydrogen-bond donors (Lipinski definition) is 2. The zero-order valence-electron chi connectivity index (χ0n) is 14.3. The van der Waals surface area contributed by atoms with E-state index in [0.29, 0.717) is 5.56 Å². The van der Waals surface area contributed by atoms with Gasteiger partial charge in [-0.3, -0.25) is 14.8 Å². The molecule has 0 aliphatic carbocycles. The summed E-state index contributed by atoms with van der Waals surface area (Å²) in [4.78, 5) is 17.2. The number of H-pyrrole nitrogens is 1. The van der Waals surface area contributed by atoms with Crippen LogP contribution in [0.2, 0.25) is 0 Å². The molecule has 0 spiro atoms. The Bertz CT molecular complexity index is 684. The van der Waals surface area contributed by atoms with Crippen molar-refractivity contribution in [3.05, 3.63) is 35.5 Å². The fourth-order valence-corrected chi connectivity index (χ4v) is 3.66. The molecule has 4 rings (SSSR count). The van der Waals surface area contributed by atoms with Gasteiger partial charge in [0.2, 0.25) is 0 Å². The molecule has 1 unspecified atom stereocenters. The molecule has 2 N–H and O–H groups in total. The molecule has 8 nitrogen and oxygen atoms in total. The Hall–Kier alpha value is -2.19. The summed E-state index contributed by atoms with van der Waals surface area (Å²) < 4.78 is 4.88. The first-order chi connectivity index (χ1) is 12.3. The Morgan fingerprint density at radius 1 is 1.28 bits per heavy atom. The summed E-state index contributed by atoms with van der Waals surface area (Å²) in [6.45, 7) is 4.89. The highest BCUT2D eigenvalue weighted by Crippen LogP contribution is 2.25. The van der Waals surface area contributed by atoms with E-state index in [9.17, 15) is 4.79 Å². The van der Waals surface area contributed by atoms with Crippen LogP contribution < -0.4 is 5.32 Å². The fourth-order valence-electron chi connectivity index (χ4n) is 3.66. The van der Waals surface area contributed by atoms with Crippen molar-refractivity contribution >= 4 is 5.91 Å². The quantitative estimate of drug-likeness (QED) is 0.865. The average molecular weight is 344 g/mol. The minimum Gasteiger partial charge on any atom is -0.364 e.